The fourth-order valence-corrected chi connectivity index (χ4v) is 4.32. The quantitative estimate of drug-likeness (QED) is 0.527. The van der Waals surface area contributed by atoms with E-state index >= 15 is 0 Å². The zero-order chi connectivity index (χ0) is 18.5. The van der Waals surface area contributed by atoms with E-state index in [-0.39, 0.29) is 17.7 Å². The first kappa shape index (κ1) is 19.4. The van der Waals surface area contributed by atoms with Crippen LogP contribution in [-0.4, -0.2) is 40.1 Å². The van der Waals surface area contributed by atoms with Gasteiger partial charge in [0.25, 0.3) is 0 Å². The third-order valence-corrected chi connectivity index (χ3v) is 5.89. The Morgan fingerprint density at radius 2 is 2.00 bits per heavy atom. The molecule has 5 nitrogen and oxygen atoms in total. The van der Waals surface area contributed by atoms with Crippen LogP contribution in [0.5, 0.6) is 0 Å². The Morgan fingerprint density at radius 1 is 1.27 bits per heavy atom. The van der Waals surface area contributed by atoms with E-state index in [2.05, 4.69) is 26.2 Å². The Balaban J connectivity index is 1.49. The monoisotopic (exact) mass is 437 g/mol. The first-order chi connectivity index (χ1) is 12.5. The molecule has 1 fully saturated rings. The van der Waals surface area contributed by atoms with Crippen molar-refractivity contribution in [2.45, 2.75) is 57.4 Å². The van der Waals surface area contributed by atoms with Gasteiger partial charge in [0.15, 0.2) is 0 Å². The van der Waals surface area contributed by atoms with E-state index in [1.807, 2.05) is 18.2 Å². The number of nitrogens with zero attached hydrogens (tertiary/aromatic N) is 2. The summed E-state index contributed by atoms with van der Waals surface area (Å²) in [6, 6.07) is 0.311. The lowest BCUT2D eigenvalue weighted by molar-refractivity contribution is -0.129. The lowest BCUT2D eigenvalue weighted by Crippen LogP contribution is -2.46. The minimum atomic E-state index is -0.388. The van der Waals surface area contributed by atoms with Crippen molar-refractivity contribution in [3.63, 3.8) is 0 Å². The fourth-order valence-electron chi connectivity index (χ4n) is 3.63. The second kappa shape index (κ2) is 9.04. The first-order valence-corrected chi connectivity index (χ1v) is 10.5. The van der Waals surface area contributed by atoms with Crippen LogP contribution in [0.1, 0.15) is 51.4 Å². The topological polar surface area (TPSA) is 61.8 Å². The van der Waals surface area contributed by atoms with E-state index in [9.17, 15) is 9.59 Å². The number of carbonyl (C=O) groups is 2. The molecule has 26 heavy (non-hydrogen) atoms. The molecule has 3 aliphatic rings. The van der Waals surface area contributed by atoms with Crippen LogP contribution in [0.3, 0.4) is 0 Å². The van der Waals surface area contributed by atoms with Crippen LogP contribution in [0, 0.1) is 5.92 Å². The first-order valence-electron chi connectivity index (χ1n) is 9.33. The smallest absolute Gasteiger partial charge is 0.241 e. The number of hydrogen-bond donors (Lipinski definition) is 1. The van der Waals surface area contributed by atoms with Crippen molar-refractivity contribution in [2.24, 2.45) is 10.9 Å². The molecule has 2 amide bonds. The number of rotatable bonds is 5. The highest BCUT2D eigenvalue weighted by Gasteiger charge is 2.34. The molecule has 7 heteroatoms. The molecular weight excluding hydrogens is 414 g/mol. The highest BCUT2D eigenvalue weighted by Crippen LogP contribution is 2.25. The molecule has 0 spiro atoms. The summed E-state index contributed by atoms with van der Waals surface area (Å²) in [6.07, 6.45) is 13.6. The van der Waals surface area contributed by atoms with Gasteiger partial charge in [0, 0.05) is 23.5 Å². The zero-order valence-electron chi connectivity index (χ0n) is 14.7. The third kappa shape index (κ3) is 4.88. The molecule has 1 saturated carbocycles. The van der Waals surface area contributed by atoms with Crippen LogP contribution >= 0.6 is 28.1 Å². The lowest BCUT2D eigenvalue weighted by atomic mass is 9.95. The minimum absolute atomic E-state index is 0.0644. The highest BCUT2D eigenvalue weighted by molar-refractivity contribution is 9.11. The van der Waals surface area contributed by atoms with Crippen LogP contribution in [0.2, 0.25) is 0 Å². The maximum atomic E-state index is 12.7. The van der Waals surface area contributed by atoms with E-state index in [4.69, 9.17) is 12.2 Å². The summed E-state index contributed by atoms with van der Waals surface area (Å²) in [6.45, 7) is 0.429. The van der Waals surface area contributed by atoms with E-state index in [1.54, 1.807) is 0 Å². The molecule has 1 heterocycles. The van der Waals surface area contributed by atoms with Gasteiger partial charge in [-0.05, 0) is 43.6 Å². The summed E-state index contributed by atoms with van der Waals surface area (Å²) < 4.78 is 0.866. The van der Waals surface area contributed by atoms with Crippen LogP contribution in [0.25, 0.3) is 0 Å². The van der Waals surface area contributed by atoms with Crippen LogP contribution < -0.4 is 5.32 Å². The van der Waals surface area contributed by atoms with Crippen molar-refractivity contribution in [3.8, 4) is 0 Å². The van der Waals surface area contributed by atoms with Gasteiger partial charge in [-0.3, -0.25) is 14.5 Å². The predicted molar refractivity (Wildman–Crippen MR) is 110 cm³/mol. The summed E-state index contributed by atoms with van der Waals surface area (Å²) in [4.78, 5) is 30.8. The highest BCUT2D eigenvalue weighted by atomic mass is 79.9. The maximum absolute atomic E-state index is 12.7. The molecule has 1 aliphatic heterocycles. The normalized spacial score (nSPS) is 23.9. The van der Waals surface area contributed by atoms with Crippen LogP contribution in [-0.2, 0) is 9.59 Å². The number of allylic oxidation sites excluding steroid dienone is 3. The number of nitrogens with one attached hydrogen (secondary N) is 1. The Kier molecular flexibility index (Phi) is 6.75. The van der Waals surface area contributed by atoms with Crippen molar-refractivity contribution >= 4 is 50.8 Å². The van der Waals surface area contributed by atoms with E-state index in [0.717, 1.165) is 17.3 Å². The van der Waals surface area contributed by atoms with Gasteiger partial charge < -0.3 is 5.32 Å². The zero-order valence-corrected chi connectivity index (χ0v) is 17.2. The largest absolute Gasteiger partial charge is 0.353 e. The van der Waals surface area contributed by atoms with Crippen molar-refractivity contribution in [1.82, 2.24) is 10.2 Å². The second-order valence-corrected chi connectivity index (χ2v) is 8.31. The molecule has 3 rings (SSSR count). The number of halogens is 1. The van der Waals surface area contributed by atoms with Crippen LogP contribution in [0.4, 0.5) is 0 Å². The number of amides is 2. The molecule has 0 aromatic rings. The number of carbonyl (C=O) groups excluding carboxylic acids is 2. The average molecular weight is 438 g/mol. The van der Waals surface area contributed by atoms with E-state index in [0.29, 0.717) is 36.3 Å². The average Bonchev–Trinajstić information content (AvgIpc) is 2.87. The van der Waals surface area contributed by atoms with Crippen molar-refractivity contribution in [1.29, 1.82) is 0 Å². The van der Waals surface area contributed by atoms with Gasteiger partial charge in [-0.25, -0.2) is 4.99 Å². The molecule has 0 aromatic carbocycles. The molecule has 1 atom stereocenters. The summed E-state index contributed by atoms with van der Waals surface area (Å²) in [5, 5.41) is 3.44. The Bertz CT molecular complexity index is 678. The van der Waals surface area contributed by atoms with Gasteiger partial charge in [0.1, 0.15) is 5.92 Å². The van der Waals surface area contributed by atoms with Gasteiger partial charge in [0.2, 0.25) is 16.9 Å². The maximum Gasteiger partial charge on any atom is 0.241 e. The van der Waals surface area contributed by atoms with Gasteiger partial charge in [-0.1, -0.05) is 47.7 Å². The summed E-state index contributed by atoms with van der Waals surface area (Å²) in [7, 11) is 0. The SMILES string of the molecule is O=C(CCCN1C(=O)C2C=C(Br)C=CC2=NC1=S)NC1CCCCCC1. The van der Waals surface area contributed by atoms with Crippen molar-refractivity contribution < 1.29 is 9.59 Å². The summed E-state index contributed by atoms with van der Waals surface area (Å²) in [5.41, 5.74) is 0.686. The standard InChI is InChI=1S/C19H24BrN3O2S/c20-13-9-10-16-15(12-13)18(25)23(19(26)22-16)11-5-8-17(24)21-14-6-3-1-2-4-7-14/h9-10,12,14-15H,1-8,11H2,(H,21,24). The molecular formula is C19H24BrN3O2S. The lowest BCUT2D eigenvalue weighted by Gasteiger charge is -2.30. The molecule has 0 aromatic heterocycles. The van der Waals surface area contributed by atoms with Crippen molar-refractivity contribution in [3.05, 3.63) is 22.7 Å². The second-order valence-electron chi connectivity index (χ2n) is 7.03. The number of fused-ring (bicyclic) bond motifs is 1. The molecule has 0 bridgehead atoms. The Hall–Kier alpha value is -1.34. The number of thiocarbonyl (C=S) groups is 1. The van der Waals surface area contributed by atoms with Crippen LogP contribution in [0.15, 0.2) is 27.7 Å². The van der Waals surface area contributed by atoms with E-state index in [1.165, 1.54) is 30.6 Å². The minimum Gasteiger partial charge on any atom is -0.353 e. The van der Waals surface area contributed by atoms with E-state index < -0.39 is 0 Å². The number of aliphatic imine (C=N–C) groups is 1. The summed E-state index contributed by atoms with van der Waals surface area (Å²) in [5.74, 6) is -0.383. The van der Waals surface area contributed by atoms with Gasteiger partial charge >= 0.3 is 0 Å². The predicted octanol–water partition coefficient (Wildman–Crippen LogP) is 3.64. The molecule has 1 unspecified atom stereocenters. The van der Waals surface area contributed by atoms with Gasteiger partial charge in [-0.2, -0.15) is 0 Å². The summed E-state index contributed by atoms with van der Waals surface area (Å²) >= 11 is 8.68. The molecule has 140 valence electrons. The van der Waals surface area contributed by atoms with Gasteiger partial charge in [-0.15, -0.1) is 0 Å². The third-order valence-electron chi connectivity index (χ3n) is 5.05. The molecule has 1 N–H and O–H groups in total. The molecule has 0 radical (unpaired) electrons. The Labute approximate surface area is 168 Å². The fraction of sp³-hybridized carbons (Fsp3) is 0.579. The van der Waals surface area contributed by atoms with Crippen molar-refractivity contribution in [2.75, 3.05) is 6.54 Å². The Morgan fingerprint density at radius 3 is 2.73 bits per heavy atom. The van der Waals surface area contributed by atoms with Gasteiger partial charge in [0.05, 0.1) is 5.71 Å². The molecule has 0 saturated heterocycles. The number of hydrogen-bond acceptors (Lipinski definition) is 3. The molecule has 2 aliphatic carbocycles.